The highest BCUT2D eigenvalue weighted by atomic mass is 35.5. The maximum atomic E-state index is 5.77. The second-order valence-electron chi connectivity index (χ2n) is 2.57. The van der Waals surface area contributed by atoms with E-state index in [1.54, 1.807) is 0 Å². The van der Waals surface area contributed by atoms with Gasteiger partial charge in [0.1, 0.15) is 0 Å². The van der Waals surface area contributed by atoms with Gasteiger partial charge in [-0.05, 0) is 17.7 Å². The van der Waals surface area contributed by atoms with Gasteiger partial charge in [-0.2, -0.15) is 0 Å². The van der Waals surface area contributed by atoms with Crippen molar-refractivity contribution in [1.29, 1.82) is 0 Å². The number of rotatable bonds is 2. The molecule has 0 radical (unpaired) electrons. The van der Waals surface area contributed by atoms with E-state index < -0.39 is 0 Å². The van der Waals surface area contributed by atoms with Crippen LogP contribution in [0.3, 0.4) is 0 Å². The number of benzene rings is 1. The van der Waals surface area contributed by atoms with Crippen LogP contribution in [0.2, 0.25) is 5.02 Å². The van der Waals surface area contributed by atoms with Gasteiger partial charge in [-0.15, -0.1) is 12.3 Å². The van der Waals surface area contributed by atoms with E-state index in [9.17, 15) is 0 Å². The molecule has 0 amide bonds. The molecular formula is C10H10ClN. The number of hydrogen-bond donors (Lipinski definition) is 1. The van der Waals surface area contributed by atoms with Gasteiger partial charge in [0.25, 0.3) is 0 Å². The maximum Gasteiger partial charge on any atom is 0.0406 e. The van der Waals surface area contributed by atoms with E-state index in [0.29, 0.717) is 11.4 Å². The van der Waals surface area contributed by atoms with Gasteiger partial charge in [-0.25, -0.2) is 0 Å². The minimum Gasteiger partial charge on any atom is -0.323 e. The molecule has 1 atom stereocenters. The Kier molecular flexibility index (Phi) is 3.16. The van der Waals surface area contributed by atoms with Gasteiger partial charge < -0.3 is 5.73 Å². The molecule has 1 aromatic rings. The molecule has 1 nitrogen and oxygen atoms in total. The fourth-order valence-electron chi connectivity index (χ4n) is 0.955. The maximum absolute atomic E-state index is 5.77. The van der Waals surface area contributed by atoms with Crippen molar-refractivity contribution in [2.24, 2.45) is 5.73 Å². The van der Waals surface area contributed by atoms with Crippen LogP contribution in [0.4, 0.5) is 0 Å². The molecule has 0 heterocycles. The first kappa shape index (κ1) is 9.12. The lowest BCUT2D eigenvalue weighted by molar-refractivity contribution is 0.755. The zero-order valence-corrected chi connectivity index (χ0v) is 7.38. The third-order valence-corrected chi connectivity index (χ3v) is 1.89. The second kappa shape index (κ2) is 4.15. The van der Waals surface area contributed by atoms with Crippen molar-refractivity contribution in [3.63, 3.8) is 0 Å². The van der Waals surface area contributed by atoms with Crippen molar-refractivity contribution in [2.45, 2.75) is 12.5 Å². The van der Waals surface area contributed by atoms with Gasteiger partial charge in [0.05, 0.1) is 0 Å². The van der Waals surface area contributed by atoms with Gasteiger partial charge >= 0.3 is 0 Å². The summed E-state index contributed by atoms with van der Waals surface area (Å²) in [6.45, 7) is 0. The van der Waals surface area contributed by atoms with E-state index >= 15 is 0 Å². The molecule has 1 aromatic carbocycles. The predicted molar refractivity (Wildman–Crippen MR) is 51.8 cm³/mol. The normalized spacial score (nSPS) is 12.1. The minimum atomic E-state index is -0.0766. The van der Waals surface area contributed by atoms with Crippen LogP contribution >= 0.6 is 11.6 Å². The van der Waals surface area contributed by atoms with Crippen LogP contribution in [0.1, 0.15) is 18.0 Å². The SMILES string of the molecule is C#CCC(N)c1ccc(Cl)cc1. The van der Waals surface area contributed by atoms with Crippen molar-refractivity contribution in [1.82, 2.24) is 0 Å². The smallest absolute Gasteiger partial charge is 0.0406 e. The van der Waals surface area contributed by atoms with Gasteiger partial charge in [-0.3, -0.25) is 0 Å². The third kappa shape index (κ3) is 2.27. The van der Waals surface area contributed by atoms with Crippen LogP contribution in [-0.4, -0.2) is 0 Å². The summed E-state index contributed by atoms with van der Waals surface area (Å²) in [4.78, 5) is 0. The van der Waals surface area contributed by atoms with Gasteiger partial charge in [0.2, 0.25) is 0 Å². The average Bonchev–Trinajstić information content (AvgIpc) is 2.06. The fraction of sp³-hybridized carbons (Fsp3) is 0.200. The minimum absolute atomic E-state index is 0.0766. The molecule has 1 unspecified atom stereocenters. The van der Waals surface area contributed by atoms with E-state index in [0.717, 1.165) is 5.56 Å². The molecule has 0 aliphatic heterocycles. The van der Waals surface area contributed by atoms with E-state index in [1.165, 1.54) is 0 Å². The molecule has 1 rings (SSSR count). The van der Waals surface area contributed by atoms with Crippen molar-refractivity contribution < 1.29 is 0 Å². The van der Waals surface area contributed by atoms with Crippen molar-refractivity contribution >= 4 is 11.6 Å². The number of terminal acetylenes is 1. The Bertz CT molecular complexity index is 284. The van der Waals surface area contributed by atoms with E-state index in [2.05, 4.69) is 5.92 Å². The van der Waals surface area contributed by atoms with Gasteiger partial charge in [0, 0.05) is 17.5 Å². The lowest BCUT2D eigenvalue weighted by atomic mass is 10.1. The van der Waals surface area contributed by atoms with E-state index in [4.69, 9.17) is 23.8 Å². The van der Waals surface area contributed by atoms with E-state index in [1.807, 2.05) is 24.3 Å². The average molecular weight is 180 g/mol. The Morgan fingerprint density at radius 3 is 2.50 bits per heavy atom. The molecule has 0 spiro atoms. The standard InChI is InChI=1S/C10H10ClN/c1-2-3-10(12)8-4-6-9(11)7-5-8/h1,4-7,10H,3,12H2. The Balaban J connectivity index is 2.76. The molecule has 62 valence electrons. The molecule has 0 bridgehead atoms. The highest BCUT2D eigenvalue weighted by Crippen LogP contribution is 2.16. The second-order valence-corrected chi connectivity index (χ2v) is 3.00. The Morgan fingerprint density at radius 1 is 1.42 bits per heavy atom. The Hall–Kier alpha value is -0.970. The highest BCUT2D eigenvalue weighted by Gasteiger charge is 2.02. The summed E-state index contributed by atoms with van der Waals surface area (Å²) in [6.07, 6.45) is 5.70. The van der Waals surface area contributed by atoms with Crippen molar-refractivity contribution in [3.05, 3.63) is 34.9 Å². The van der Waals surface area contributed by atoms with Crippen LogP contribution in [0, 0.1) is 12.3 Å². The summed E-state index contributed by atoms with van der Waals surface area (Å²) in [7, 11) is 0. The van der Waals surface area contributed by atoms with Gasteiger partial charge in [-0.1, -0.05) is 23.7 Å². The highest BCUT2D eigenvalue weighted by molar-refractivity contribution is 6.30. The summed E-state index contributed by atoms with van der Waals surface area (Å²) in [5.74, 6) is 2.52. The zero-order valence-electron chi connectivity index (χ0n) is 6.63. The van der Waals surface area contributed by atoms with Crippen LogP contribution < -0.4 is 5.73 Å². The summed E-state index contributed by atoms with van der Waals surface area (Å²) in [6, 6.07) is 7.34. The third-order valence-electron chi connectivity index (χ3n) is 1.64. The predicted octanol–water partition coefficient (Wildman–Crippen LogP) is 2.36. The lowest BCUT2D eigenvalue weighted by Crippen LogP contribution is -2.08. The van der Waals surface area contributed by atoms with Gasteiger partial charge in [0.15, 0.2) is 0 Å². The molecule has 2 heteroatoms. The van der Waals surface area contributed by atoms with Crippen LogP contribution in [-0.2, 0) is 0 Å². The van der Waals surface area contributed by atoms with Crippen molar-refractivity contribution in [3.8, 4) is 12.3 Å². The number of hydrogen-bond acceptors (Lipinski definition) is 1. The quantitative estimate of drug-likeness (QED) is 0.694. The lowest BCUT2D eigenvalue weighted by Gasteiger charge is -2.07. The first-order valence-corrected chi connectivity index (χ1v) is 4.06. The zero-order chi connectivity index (χ0) is 8.97. The topological polar surface area (TPSA) is 26.0 Å². The summed E-state index contributed by atoms with van der Waals surface area (Å²) in [5.41, 5.74) is 6.80. The molecule has 0 aliphatic carbocycles. The summed E-state index contributed by atoms with van der Waals surface area (Å²) in [5, 5.41) is 0.714. The van der Waals surface area contributed by atoms with Crippen LogP contribution in [0.15, 0.2) is 24.3 Å². The number of halogens is 1. The molecule has 0 aromatic heterocycles. The molecule has 0 fully saturated rings. The van der Waals surface area contributed by atoms with E-state index in [-0.39, 0.29) is 6.04 Å². The van der Waals surface area contributed by atoms with Crippen molar-refractivity contribution in [2.75, 3.05) is 0 Å². The van der Waals surface area contributed by atoms with Crippen LogP contribution in [0.5, 0.6) is 0 Å². The largest absolute Gasteiger partial charge is 0.323 e. The molecule has 12 heavy (non-hydrogen) atoms. The number of nitrogens with two attached hydrogens (primary N) is 1. The first-order chi connectivity index (χ1) is 5.74. The first-order valence-electron chi connectivity index (χ1n) is 3.68. The molecular weight excluding hydrogens is 170 g/mol. The Morgan fingerprint density at radius 2 is 2.00 bits per heavy atom. The monoisotopic (exact) mass is 179 g/mol. The summed E-state index contributed by atoms with van der Waals surface area (Å²) < 4.78 is 0. The molecule has 0 aliphatic rings. The molecule has 2 N–H and O–H groups in total. The fourth-order valence-corrected chi connectivity index (χ4v) is 1.08. The molecule has 0 saturated carbocycles. The summed E-state index contributed by atoms with van der Waals surface area (Å²) >= 11 is 5.71. The molecule has 0 saturated heterocycles. The van der Waals surface area contributed by atoms with Crippen LogP contribution in [0.25, 0.3) is 0 Å². The Labute approximate surface area is 77.5 Å².